The van der Waals surface area contributed by atoms with Crippen LogP contribution in [0.5, 0.6) is 0 Å². The molecule has 1 saturated heterocycles. The molecule has 1 amide bonds. The number of likely N-dealkylation sites (tertiary alicyclic amines) is 1. The normalized spacial score (nSPS) is 15.2. The summed E-state index contributed by atoms with van der Waals surface area (Å²) in [6.07, 6.45) is 0.298. The predicted molar refractivity (Wildman–Crippen MR) is 110 cm³/mol. The number of aromatic amines is 1. The fourth-order valence-electron chi connectivity index (χ4n) is 4.35. The summed E-state index contributed by atoms with van der Waals surface area (Å²) in [5.41, 5.74) is 2.76. The van der Waals surface area contributed by atoms with Crippen molar-refractivity contribution in [1.82, 2.24) is 19.5 Å². The van der Waals surface area contributed by atoms with E-state index in [-0.39, 0.29) is 17.3 Å². The van der Waals surface area contributed by atoms with Gasteiger partial charge in [0.2, 0.25) is 0 Å². The van der Waals surface area contributed by atoms with E-state index >= 15 is 0 Å². The molecule has 1 aliphatic heterocycles. The number of carboxylic acid groups (broad SMARTS) is 1. The van der Waals surface area contributed by atoms with E-state index < -0.39 is 6.09 Å². The number of carbonyl (C=O) groups is 1. The molecule has 0 bridgehead atoms. The zero-order valence-corrected chi connectivity index (χ0v) is 16.0. The van der Waals surface area contributed by atoms with Gasteiger partial charge >= 0.3 is 6.09 Å². The third-order valence-electron chi connectivity index (χ3n) is 5.81. The molecule has 0 saturated carbocycles. The van der Waals surface area contributed by atoms with E-state index in [9.17, 15) is 19.1 Å². The summed E-state index contributed by atoms with van der Waals surface area (Å²) in [6, 6.07) is 13.5. The van der Waals surface area contributed by atoms with Crippen molar-refractivity contribution in [3.05, 3.63) is 70.4 Å². The van der Waals surface area contributed by atoms with Crippen LogP contribution in [0.3, 0.4) is 0 Å². The molecule has 152 valence electrons. The Hall–Kier alpha value is -3.68. The lowest BCUT2D eigenvalue weighted by Crippen LogP contribution is -2.37. The van der Waals surface area contributed by atoms with Crippen LogP contribution < -0.4 is 5.56 Å². The number of hydrogen-bond acceptors (Lipinski definition) is 3. The van der Waals surface area contributed by atoms with Crippen LogP contribution in [-0.2, 0) is 0 Å². The smallest absolute Gasteiger partial charge is 0.407 e. The van der Waals surface area contributed by atoms with E-state index in [4.69, 9.17) is 5.10 Å². The Balaban J connectivity index is 1.70. The summed E-state index contributed by atoms with van der Waals surface area (Å²) >= 11 is 0. The molecule has 0 spiro atoms. The molecule has 30 heavy (non-hydrogen) atoms. The highest BCUT2D eigenvalue weighted by atomic mass is 19.1. The molecule has 3 heterocycles. The van der Waals surface area contributed by atoms with Crippen LogP contribution in [0.2, 0.25) is 0 Å². The first kappa shape index (κ1) is 18.4. The maximum Gasteiger partial charge on any atom is 0.407 e. The summed E-state index contributed by atoms with van der Waals surface area (Å²) < 4.78 is 16.2. The Morgan fingerprint density at radius 3 is 2.57 bits per heavy atom. The monoisotopic (exact) mass is 406 g/mol. The standard InChI is InChI=1S/C22H19FN4O3/c23-16-6-2-1-4-14(16)15-5-3-7-17-20(15)21-24-19(28)12-18(27(21)25-17)13-8-10-26(11-9-13)22(29)30/h1-7,12-13H,8-11H2,(H,24,28)(H,29,30). The van der Waals surface area contributed by atoms with Crippen LogP contribution in [0.25, 0.3) is 27.7 Å². The lowest BCUT2D eigenvalue weighted by atomic mass is 9.93. The van der Waals surface area contributed by atoms with Crippen molar-refractivity contribution >= 4 is 22.6 Å². The van der Waals surface area contributed by atoms with Gasteiger partial charge in [-0.15, -0.1) is 0 Å². The molecular weight excluding hydrogens is 387 g/mol. The molecule has 2 aromatic heterocycles. The van der Waals surface area contributed by atoms with Gasteiger partial charge in [-0.2, -0.15) is 5.10 Å². The van der Waals surface area contributed by atoms with Gasteiger partial charge in [0.1, 0.15) is 11.5 Å². The largest absolute Gasteiger partial charge is 0.465 e. The first-order valence-corrected chi connectivity index (χ1v) is 9.80. The Morgan fingerprint density at radius 2 is 1.83 bits per heavy atom. The number of fused-ring (bicyclic) bond motifs is 3. The van der Waals surface area contributed by atoms with Gasteiger partial charge in [0, 0.05) is 30.6 Å². The molecule has 2 aromatic carbocycles. The third kappa shape index (κ3) is 2.92. The lowest BCUT2D eigenvalue weighted by molar-refractivity contribution is 0.131. The summed E-state index contributed by atoms with van der Waals surface area (Å²) in [7, 11) is 0. The molecule has 0 radical (unpaired) electrons. The second kappa shape index (κ2) is 6.98. The minimum Gasteiger partial charge on any atom is -0.465 e. The number of piperidine rings is 1. The number of nitrogens with one attached hydrogen (secondary N) is 1. The molecule has 1 aliphatic rings. The van der Waals surface area contributed by atoms with E-state index in [0.717, 1.165) is 5.69 Å². The van der Waals surface area contributed by atoms with Gasteiger partial charge in [0.25, 0.3) is 5.56 Å². The van der Waals surface area contributed by atoms with Gasteiger partial charge < -0.3 is 15.0 Å². The van der Waals surface area contributed by atoms with Gasteiger partial charge in [-0.05, 0) is 30.5 Å². The number of benzene rings is 2. The minimum absolute atomic E-state index is 0.0108. The number of halogens is 1. The van der Waals surface area contributed by atoms with Crippen LogP contribution in [0.4, 0.5) is 9.18 Å². The molecule has 0 unspecified atom stereocenters. The van der Waals surface area contributed by atoms with Crippen LogP contribution in [0, 0.1) is 5.82 Å². The number of aromatic nitrogens is 3. The van der Waals surface area contributed by atoms with E-state index in [1.54, 1.807) is 22.7 Å². The number of rotatable bonds is 2. The fraction of sp³-hybridized carbons (Fsp3) is 0.227. The number of hydrogen-bond donors (Lipinski definition) is 2. The van der Waals surface area contributed by atoms with Crippen LogP contribution in [0.1, 0.15) is 24.5 Å². The number of H-pyrrole nitrogens is 1. The second-order valence-corrected chi connectivity index (χ2v) is 7.54. The summed E-state index contributed by atoms with van der Waals surface area (Å²) in [6.45, 7) is 0.825. The molecule has 5 rings (SSSR count). The highest BCUT2D eigenvalue weighted by Crippen LogP contribution is 2.34. The average Bonchev–Trinajstić information content (AvgIpc) is 3.12. The van der Waals surface area contributed by atoms with Crippen LogP contribution in [0.15, 0.2) is 53.3 Å². The Kier molecular flexibility index (Phi) is 4.27. The highest BCUT2D eigenvalue weighted by molar-refractivity contribution is 6.04. The highest BCUT2D eigenvalue weighted by Gasteiger charge is 2.26. The molecule has 0 aliphatic carbocycles. The van der Waals surface area contributed by atoms with Crippen LogP contribution in [-0.4, -0.2) is 43.8 Å². The van der Waals surface area contributed by atoms with Gasteiger partial charge in [-0.3, -0.25) is 4.79 Å². The Morgan fingerprint density at radius 1 is 1.10 bits per heavy atom. The lowest BCUT2D eigenvalue weighted by Gasteiger charge is -2.30. The maximum absolute atomic E-state index is 14.5. The van der Waals surface area contributed by atoms with Crippen LogP contribution >= 0.6 is 0 Å². The Bertz CT molecular complexity index is 1340. The first-order valence-electron chi connectivity index (χ1n) is 9.80. The summed E-state index contributed by atoms with van der Waals surface area (Å²) in [5, 5.41) is 14.6. The SMILES string of the molecule is O=C(O)N1CCC(c2cc(=O)[nH]c3c4c(-c5ccccc5F)cccc4nn23)CC1. The van der Waals surface area contributed by atoms with Gasteiger partial charge in [-0.1, -0.05) is 30.3 Å². The molecular formula is C22H19FN4O3. The zero-order chi connectivity index (χ0) is 20.8. The molecule has 7 nitrogen and oxygen atoms in total. The minimum atomic E-state index is -0.927. The molecule has 4 aromatic rings. The Labute approximate surface area is 170 Å². The number of amides is 1. The predicted octanol–water partition coefficient (Wildman–Crippen LogP) is 3.84. The molecule has 1 fully saturated rings. The van der Waals surface area contributed by atoms with Gasteiger partial charge in [0.05, 0.1) is 16.6 Å². The third-order valence-corrected chi connectivity index (χ3v) is 5.81. The van der Waals surface area contributed by atoms with E-state index in [1.165, 1.54) is 17.0 Å². The molecule has 2 N–H and O–H groups in total. The van der Waals surface area contributed by atoms with Crippen molar-refractivity contribution in [3.8, 4) is 11.1 Å². The second-order valence-electron chi connectivity index (χ2n) is 7.54. The van der Waals surface area contributed by atoms with Crippen molar-refractivity contribution in [2.45, 2.75) is 18.8 Å². The van der Waals surface area contributed by atoms with Crippen molar-refractivity contribution in [3.63, 3.8) is 0 Å². The van der Waals surface area contributed by atoms with Crippen molar-refractivity contribution in [2.75, 3.05) is 13.1 Å². The average molecular weight is 406 g/mol. The van der Waals surface area contributed by atoms with Crippen molar-refractivity contribution in [2.24, 2.45) is 0 Å². The number of nitrogens with zero attached hydrogens (tertiary/aromatic N) is 3. The molecule has 8 heteroatoms. The van der Waals surface area contributed by atoms with Gasteiger partial charge in [-0.25, -0.2) is 13.7 Å². The van der Waals surface area contributed by atoms with E-state index in [1.807, 2.05) is 18.2 Å². The quantitative estimate of drug-likeness (QED) is 0.529. The molecule has 0 atom stereocenters. The summed E-state index contributed by atoms with van der Waals surface area (Å²) in [5.74, 6) is -0.333. The fourth-order valence-corrected chi connectivity index (χ4v) is 4.35. The van der Waals surface area contributed by atoms with Gasteiger partial charge in [0.15, 0.2) is 0 Å². The van der Waals surface area contributed by atoms with E-state index in [2.05, 4.69) is 4.98 Å². The van der Waals surface area contributed by atoms with Crippen molar-refractivity contribution in [1.29, 1.82) is 0 Å². The zero-order valence-electron chi connectivity index (χ0n) is 16.0. The maximum atomic E-state index is 14.5. The first-order chi connectivity index (χ1) is 14.5. The van der Waals surface area contributed by atoms with Crippen molar-refractivity contribution < 1.29 is 14.3 Å². The summed E-state index contributed by atoms with van der Waals surface area (Å²) in [4.78, 5) is 28.0. The topological polar surface area (TPSA) is 90.7 Å². The van der Waals surface area contributed by atoms with E-state index in [0.29, 0.717) is 53.6 Å².